The van der Waals surface area contributed by atoms with Crippen LogP contribution in [0.4, 0.5) is 13.2 Å². The Morgan fingerprint density at radius 3 is 2.51 bits per heavy atom. The van der Waals surface area contributed by atoms with E-state index in [-0.39, 0.29) is 33.8 Å². The molecule has 5 nitrogen and oxygen atoms in total. The third-order valence-electron chi connectivity index (χ3n) is 5.30. The summed E-state index contributed by atoms with van der Waals surface area (Å²) in [6.07, 6.45) is -0.472. The van der Waals surface area contributed by atoms with Crippen LogP contribution in [-0.2, 0) is 17.0 Å². The van der Waals surface area contributed by atoms with Gasteiger partial charge in [0.15, 0.2) is 0 Å². The van der Waals surface area contributed by atoms with Gasteiger partial charge in [0.05, 0.1) is 23.5 Å². The number of hydrogen-bond donors (Lipinski definition) is 2. The van der Waals surface area contributed by atoms with E-state index in [4.69, 9.17) is 28.0 Å². The molecule has 3 aromatic rings. The fourth-order valence-electron chi connectivity index (χ4n) is 3.57. The number of halogens is 5. The zero-order valence-electron chi connectivity index (χ0n) is 18.1. The number of aromatic nitrogens is 1. The van der Waals surface area contributed by atoms with Crippen molar-refractivity contribution >= 4 is 46.6 Å². The molecule has 0 fully saturated rings. The van der Waals surface area contributed by atoms with Gasteiger partial charge in [-0.05, 0) is 54.8 Å². The Labute approximate surface area is 213 Å². The largest absolute Gasteiger partial charge is 0.428 e. The molecule has 182 valence electrons. The summed E-state index contributed by atoms with van der Waals surface area (Å²) in [4.78, 5) is 22.6. The maximum Gasteiger partial charge on any atom is 0.428 e. The second kappa shape index (κ2) is 10.1. The van der Waals surface area contributed by atoms with E-state index < -0.39 is 11.8 Å². The molecule has 1 aliphatic rings. The number of nitrogens with zero attached hydrogens (tertiary/aromatic N) is 1. The smallest absolute Gasteiger partial charge is 0.346 e. The van der Waals surface area contributed by atoms with Gasteiger partial charge in [0, 0.05) is 32.3 Å². The Morgan fingerprint density at radius 1 is 1.14 bits per heavy atom. The van der Waals surface area contributed by atoms with Crippen molar-refractivity contribution in [3.63, 3.8) is 0 Å². The van der Waals surface area contributed by atoms with Crippen molar-refractivity contribution in [2.24, 2.45) is 0 Å². The minimum absolute atomic E-state index is 0.0484. The monoisotopic (exact) mass is 539 g/mol. The summed E-state index contributed by atoms with van der Waals surface area (Å²) in [5.74, 6) is -0.325. The van der Waals surface area contributed by atoms with Crippen LogP contribution in [0, 0.1) is 0 Å². The first kappa shape index (κ1) is 25.4. The summed E-state index contributed by atoms with van der Waals surface area (Å²) < 4.78 is 42.7. The fraction of sp³-hybridized carbons (Fsp3) is 0.167. The van der Waals surface area contributed by atoms with Crippen molar-refractivity contribution in [2.45, 2.75) is 23.2 Å². The van der Waals surface area contributed by atoms with Crippen molar-refractivity contribution in [2.75, 3.05) is 6.26 Å². The summed E-state index contributed by atoms with van der Waals surface area (Å²) in [6.45, 7) is 0.242. The van der Waals surface area contributed by atoms with Crippen LogP contribution in [0.15, 0.2) is 71.8 Å². The molecule has 1 aliphatic heterocycles. The molecule has 1 aromatic heterocycles. The molecule has 0 saturated heterocycles. The molecule has 2 heterocycles. The maximum atomic E-state index is 14.2. The highest BCUT2D eigenvalue weighted by molar-refractivity contribution is 7.98. The summed E-state index contributed by atoms with van der Waals surface area (Å²) in [7, 11) is 0. The lowest BCUT2D eigenvalue weighted by atomic mass is 9.91. The number of amides is 1. The number of thioether (sulfide) groups is 1. The predicted molar refractivity (Wildman–Crippen MR) is 130 cm³/mol. The van der Waals surface area contributed by atoms with Gasteiger partial charge in [0.2, 0.25) is 5.60 Å². The highest BCUT2D eigenvalue weighted by atomic mass is 35.5. The van der Waals surface area contributed by atoms with Gasteiger partial charge < -0.3 is 5.32 Å². The molecule has 35 heavy (non-hydrogen) atoms. The zero-order chi connectivity index (χ0) is 25.2. The SMILES string of the molecule is CSc1cc(C2=CC(c3cc(Cl)cc(Cl)c3)(C(F)(F)F)ON2)ccc1C(=O)NCc1ccccn1. The van der Waals surface area contributed by atoms with Gasteiger partial charge in [-0.15, -0.1) is 11.8 Å². The number of benzene rings is 2. The van der Waals surface area contributed by atoms with E-state index in [0.717, 1.165) is 18.2 Å². The minimum Gasteiger partial charge on any atom is -0.346 e. The van der Waals surface area contributed by atoms with E-state index in [0.29, 0.717) is 21.7 Å². The van der Waals surface area contributed by atoms with Gasteiger partial charge in [-0.2, -0.15) is 13.2 Å². The van der Waals surface area contributed by atoms with E-state index in [2.05, 4.69) is 15.8 Å². The number of alkyl halides is 3. The van der Waals surface area contributed by atoms with Crippen LogP contribution in [0.25, 0.3) is 5.70 Å². The molecule has 0 aliphatic carbocycles. The van der Waals surface area contributed by atoms with E-state index in [1.807, 2.05) is 6.07 Å². The van der Waals surface area contributed by atoms with E-state index >= 15 is 0 Å². The van der Waals surface area contributed by atoms with Crippen molar-refractivity contribution < 1.29 is 22.8 Å². The molecule has 1 unspecified atom stereocenters. The van der Waals surface area contributed by atoms with E-state index in [1.54, 1.807) is 42.8 Å². The second-order valence-corrected chi connectivity index (χ2v) is 9.29. The predicted octanol–water partition coefficient (Wildman–Crippen LogP) is 6.37. The summed E-state index contributed by atoms with van der Waals surface area (Å²) in [5, 5.41) is 2.90. The van der Waals surface area contributed by atoms with Crippen molar-refractivity contribution in [3.05, 3.63) is 99.3 Å². The Kier molecular flexibility index (Phi) is 7.32. The summed E-state index contributed by atoms with van der Waals surface area (Å²) in [5.41, 5.74) is 0.924. The van der Waals surface area contributed by atoms with Gasteiger partial charge in [-0.25, -0.2) is 0 Å². The number of hydroxylamine groups is 1. The summed E-state index contributed by atoms with van der Waals surface area (Å²) >= 11 is 13.2. The number of nitrogens with one attached hydrogen (secondary N) is 2. The average Bonchev–Trinajstić information content (AvgIpc) is 3.29. The van der Waals surface area contributed by atoms with Crippen molar-refractivity contribution in [3.8, 4) is 0 Å². The highest BCUT2D eigenvalue weighted by Gasteiger charge is 2.59. The molecule has 4 rings (SSSR count). The molecular weight excluding hydrogens is 522 g/mol. The molecule has 11 heteroatoms. The molecule has 0 spiro atoms. The first-order valence-electron chi connectivity index (χ1n) is 10.2. The molecule has 0 bridgehead atoms. The van der Waals surface area contributed by atoms with Crippen LogP contribution in [0.2, 0.25) is 10.0 Å². The number of pyridine rings is 1. The second-order valence-electron chi connectivity index (χ2n) is 7.57. The highest BCUT2D eigenvalue weighted by Crippen LogP contribution is 2.48. The molecule has 2 N–H and O–H groups in total. The normalized spacial score (nSPS) is 17.6. The molecule has 1 amide bonds. The standard InChI is InChI=1S/C24H18Cl2F3N3O2S/c1-35-21-8-14(5-6-19(21)22(33)31-13-18-4-2-3-7-30-18)20-12-23(34-32-20,24(27,28)29)15-9-16(25)11-17(26)10-15/h2-12,32H,13H2,1H3,(H,31,33). The lowest BCUT2D eigenvalue weighted by molar-refractivity contribution is -0.269. The maximum absolute atomic E-state index is 14.2. The van der Waals surface area contributed by atoms with Crippen LogP contribution >= 0.6 is 35.0 Å². The van der Waals surface area contributed by atoms with Crippen LogP contribution in [0.3, 0.4) is 0 Å². The number of carbonyl (C=O) groups excluding carboxylic acids is 1. The molecule has 1 atom stereocenters. The third-order valence-corrected chi connectivity index (χ3v) is 6.51. The number of hydrogen-bond acceptors (Lipinski definition) is 5. The lowest BCUT2D eigenvalue weighted by Gasteiger charge is -2.28. The molecule has 0 radical (unpaired) electrons. The number of carbonyl (C=O) groups is 1. The van der Waals surface area contributed by atoms with Crippen LogP contribution in [0.1, 0.15) is 27.2 Å². The Morgan fingerprint density at radius 2 is 1.89 bits per heavy atom. The van der Waals surface area contributed by atoms with E-state index in [9.17, 15) is 18.0 Å². The van der Waals surface area contributed by atoms with Crippen LogP contribution < -0.4 is 10.8 Å². The Bertz CT molecular complexity index is 1270. The quantitative estimate of drug-likeness (QED) is 0.356. The summed E-state index contributed by atoms with van der Waals surface area (Å²) in [6, 6.07) is 13.8. The Hall–Kier alpha value is -2.72. The zero-order valence-corrected chi connectivity index (χ0v) is 20.4. The van der Waals surface area contributed by atoms with Gasteiger partial charge in [0.25, 0.3) is 5.91 Å². The first-order chi connectivity index (χ1) is 16.6. The molecule has 2 aromatic carbocycles. The lowest BCUT2D eigenvalue weighted by Crippen LogP contribution is -2.42. The van der Waals surface area contributed by atoms with Gasteiger partial charge in [0.1, 0.15) is 0 Å². The van der Waals surface area contributed by atoms with Crippen molar-refractivity contribution in [1.82, 2.24) is 15.8 Å². The van der Waals surface area contributed by atoms with Gasteiger partial charge in [-0.1, -0.05) is 35.3 Å². The number of rotatable bonds is 6. The Balaban J connectivity index is 1.65. The van der Waals surface area contributed by atoms with Gasteiger partial charge in [-0.3, -0.25) is 20.1 Å². The topological polar surface area (TPSA) is 63.2 Å². The molecular formula is C24H18Cl2F3N3O2S. The van der Waals surface area contributed by atoms with E-state index in [1.165, 1.54) is 17.8 Å². The first-order valence-corrected chi connectivity index (χ1v) is 12.2. The van der Waals surface area contributed by atoms with Gasteiger partial charge >= 0.3 is 6.18 Å². The van der Waals surface area contributed by atoms with Crippen LogP contribution in [0.5, 0.6) is 0 Å². The average molecular weight is 540 g/mol. The van der Waals surface area contributed by atoms with Crippen molar-refractivity contribution in [1.29, 1.82) is 0 Å². The third kappa shape index (κ3) is 5.28. The minimum atomic E-state index is -4.82. The molecule has 0 saturated carbocycles. The van der Waals surface area contributed by atoms with Crippen LogP contribution in [-0.4, -0.2) is 23.3 Å². The fourth-order valence-corrected chi connectivity index (χ4v) is 4.72.